The molecule has 10 rings (SSSR count). The second-order valence-electron chi connectivity index (χ2n) is 14.5. The van der Waals surface area contributed by atoms with Crippen molar-refractivity contribution in [3.05, 3.63) is 207 Å². The molecule has 284 valence electrons. The first-order chi connectivity index (χ1) is 29.6. The summed E-state index contributed by atoms with van der Waals surface area (Å²) in [5.74, 6) is 2.35. The Bertz CT molecular complexity index is 3170. The van der Waals surface area contributed by atoms with Crippen LogP contribution in [0.15, 0.2) is 205 Å². The number of allylic oxidation sites excluding steroid dienone is 3. The van der Waals surface area contributed by atoms with Crippen molar-refractivity contribution in [2.75, 3.05) is 0 Å². The van der Waals surface area contributed by atoms with Crippen molar-refractivity contribution in [2.24, 2.45) is 0 Å². The molecule has 0 bridgehead atoms. The van der Waals surface area contributed by atoms with E-state index in [2.05, 4.69) is 110 Å². The number of furan rings is 1. The SMILES string of the molecule is C=C(C=CC)c1nc(-c2ccccc2)nc(-c2cccc(-c3cccc4c3oc3c(-c5cccc(-c6nc(-c7ccccc7)cc(-c7ccccc7)n6)c5)cccc34)c2)n1. The minimum absolute atomic E-state index is 0.533. The molecule has 6 nitrogen and oxygen atoms in total. The highest BCUT2D eigenvalue weighted by molar-refractivity contribution is 6.13. The predicted molar refractivity (Wildman–Crippen MR) is 245 cm³/mol. The van der Waals surface area contributed by atoms with E-state index in [4.69, 9.17) is 29.3 Å². The van der Waals surface area contributed by atoms with Gasteiger partial charge < -0.3 is 4.42 Å². The van der Waals surface area contributed by atoms with Crippen LogP contribution in [0.25, 0.3) is 106 Å². The quantitative estimate of drug-likeness (QED) is 0.136. The van der Waals surface area contributed by atoms with Crippen LogP contribution in [0.1, 0.15) is 12.7 Å². The highest BCUT2D eigenvalue weighted by atomic mass is 16.3. The lowest BCUT2D eigenvalue weighted by Gasteiger charge is -2.10. The Balaban J connectivity index is 1.06. The van der Waals surface area contributed by atoms with Crippen LogP contribution in [0.3, 0.4) is 0 Å². The van der Waals surface area contributed by atoms with Gasteiger partial charge in [-0.15, -0.1) is 0 Å². The highest BCUT2D eigenvalue weighted by Gasteiger charge is 2.18. The molecule has 0 fully saturated rings. The molecule has 3 heterocycles. The van der Waals surface area contributed by atoms with Gasteiger partial charge in [0, 0.05) is 55.3 Å². The van der Waals surface area contributed by atoms with E-state index in [0.717, 1.165) is 83.4 Å². The first-order valence-electron chi connectivity index (χ1n) is 19.9. The average Bonchev–Trinajstić information content (AvgIpc) is 3.72. The maximum atomic E-state index is 6.93. The Hall–Kier alpha value is -8.09. The molecule has 60 heavy (non-hydrogen) atoms. The number of nitrogens with zero attached hydrogens (tertiary/aromatic N) is 5. The van der Waals surface area contributed by atoms with E-state index in [1.165, 1.54) is 0 Å². The summed E-state index contributed by atoms with van der Waals surface area (Å²) in [6.07, 6.45) is 3.85. The normalized spacial score (nSPS) is 11.4. The van der Waals surface area contributed by atoms with Gasteiger partial charge in [0.05, 0.1) is 11.4 Å². The van der Waals surface area contributed by atoms with Gasteiger partial charge in [-0.3, -0.25) is 0 Å². The summed E-state index contributed by atoms with van der Waals surface area (Å²) >= 11 is 0. The smallest absolute Gasteiger partial charge is 0.164 e. The first kappa shape index (κ1) is 36.3. The van der Waals surface area contributed by atoms with E-state index in [0.29, 0.717) is 28.9 Å². The lowest BCUT2D eigenvalue weighted by Crippen LogP contribution is -2.02. The van der Waals surface area contributed by atoms with E-state index < -0.39 is 0 Å². The van der Waals surface area contributed by atoms with Crippen molar-refractivity contribution < 1.29 is 4.42 Å². The lowest BCUT2D eigenvalue weighted by atomic mass is 9.98. The molecule has 7 aromatic carbocycles. The molecule has 0 atom stereocenters. The summed E-state index contributed by atoms with van der Waals surface area (Å²) in [6.45, 7) is 6.18. The molecular formula is C54H37N5O. The Morgan fingerprint density at radius 3 is 1.33 bits per heavy atom. The largest absolute Gasteiger partial charge is 0.455 e. The van der Waals surface area contributed by atoms with E-state index in [-0.39, 0.29) is 0 Å². The van der Waals surface area contributed by atoms with E-state index in [1.54, 1.807) is 0 Å². The Kier molecular flexibility index (Phi) is 9.48. The fourth-order valence-electron chi connectivity index (χ4n) is 7.66. The van der Waals surface area contributed by atoms with Gasteiger partial charge >= 0.3 is 0 Å². The van der Waals surface area contributed by atoms with Gasteiger partial charge in [-0.05, 0) is 36.2 Å². The maximum absolute atomic E-state index is 6.93. The van der Waals surface area contributed by atoms with Crippen LogP contribution in [0, 0.1) is 0 Å². The Labute approximate surface area is 348 Å². The van der Waals surface area contributed by atoms with Crippen LogP contribution < -0.4 is 0 Å². The number of hydrogen-bond donors (Lipinski definition) is 0. The molecule has 0 saturated heterocycles. The molecule has 0 aliphatic heterocycles. The van der Waals surface area contributed by atoms with E-state index in [1.807, 2.05) is 97.9 Å². The van der Waals surface area contributed by atoms with E-state index in [9.17, 15) is 0 Å². The zero-order chi connectivity index (χ0) is 40.4. The van der Waals surface area contributed by atoms with Gasteiger partial charge in [0.25, 0.3) is 0 Å². The monoisotopic (exact) mass is 771 g/mol. The third kappa shape index (κ3) is 6.97. The van der Waals surface area contributed by atoms with Crippen molar-refractivity contribution in [1.82, 2.24) is 24.9 Å². The third-order valence-electron chi connectivity index (χ3n) is 10.6. The lowest BCUT2D eigenvalue weighted by molar-refractivity contribution is 0.671. The van der Waals surface area contributed by atoms with Gasteiger partial charge in [-0.25, -0.2) is 24.9 Å². The predicted octanol–water partition coefficient (Wildman–Crippen LogP) is 13.8. The number of rotatable bonds is 9. The van der Waals surface area contributed by atoms with Crippen molar-refractivity contribution >= 4 is 27.5 Å². The molecule has 0 spiro atoms. The molecule has 6 heteroatoms. The molecular weight excluding hydrogens is 735 g/mol. The Morgan fingerprint density at radius 1 is 0.417 bits per heavy atom. The minimum Gasteiger partial charge on any atom is -0.455 e. The highest BCUT2D eigenvalue weighted by Crippen LogP contribution is 2.41. The summed E-state index contributed by atoms with van der Waals surface area (Å²) in [5.41, 5.74) is 12.8. The summed E-state index contributed by atoms with van der Waals surface area (Å²) in [5, 5.41) is 2.07. The fourth-order valence-corrected chi connectivity index (χ4v) is 7.66. The molecule has 0 radical (unpaired) electrons. The summed E-state index contributed by atoms with van der Waals surface area (Å²) < 4.78 is 6.93. The van der Waals surface area contributed by atoms with Crippen LogP contribution in [0.4, 0.5) is 0 Å². The number of benzene rings is 7. The summed E-state index contributed by atoms with van der Waals surface area (Å²) in [4.78, 5) is 24.8. The average molecular weight is 772 g/mol. The first-order valence-corrected chi connectivity index (χ1v) is 19.9. The molecule has 3 aromatic heterocycles. The molecule has 0 saturated carbocycles. The maximum Gasteiger partial charge on any atom is 0.164 e. The molecule has 0 aliphatic rings. The minimum atomic E-state index is 0.533. The summed E-state index contributed by atoms with van der Waals surface area (Å²) in [7, 11) is 0. The molecule has 0 N–H and O–H groups in total. The van der Waals surface area contributed by atoms with Crippen LogP contribution >= 0.6 is 0 Å². The Morgan fingerprint density at radius 2 is 0.833 bits per heavy atom. The number of fused-ring (bicyclic) bond motifs is 3. The van der Waals surface area contributed by atoms with Gasteiger partial charge in [0.15, 0.2) is 23.3 Å². The standard InChI is InChI=1S/C54H37N5O/c1-3-17-35(2)51-57-52(38-22-11-6-12-23-38)59-54(58-51)42-27-14-25-40(33-42)44-29-16-31-46-45-30-15-28-43(49(45)60-50(44)46)39-24-13-26-41(32-39)53-55-47(36-18-7-4-8-19-36)34-48(56-53)37-20-9-5-10-21-37/h3-34H,2H2,1H3. The van der Waals surface area contributed by atoms with Crippen molar-refractivity contribution in [1.29, 1.82) is 0 Å². The second kappa shape index (κ2) is 15.7. The second-order valence-corrected chi connectivity index (χ2v) is 14.5. The topological polar surface area (TPSA) is 77.6 Å². The van der Waals surface area contributed by atoms with Crippen molar-refractivity contribution in [3.63, 3.8) is 0 Å². The molecule has 10 aromatic rings. The zero-order valence-electron chi connectivity index (χ0n) is 32.8. The van der Waals surface area contributed by atoms with Crippen molar-refractivity contribution in [2.45, 2.75) is 6.92 Å². The number of aromatic nitrogens is 5. The van der Waals surface area contributed by atoms with Gasteiger partial charge in [0.2, 0.25) is 0 Å². The number of hydrogen-bond acceptors (Lipinski definition) is 6. The van der Waals surface area contributed by atoms with Crippen LogP contribution in [-0.2, 0) is 0 Å². The zero-order valence-corrected chi connectivity index (χ0v) is 32.8. The number of para-hydroxylation sites is 2. The molecule has 0 amide bonds. The van der Waals surface area contributed by atoms with Crippen LogP contribution in [0.2, 0.25) is 0 Å². The van der Waals surface area contributed by atoms with Crippen LogP contribution in [0.5, 0.6) is 0 Å². The fraction of sp³-hybridized carbons (Fsp3) is 0.0185. The van der Waals surface area contributed by atoms with E-state index >= 15 is 0 Å². The summed E-state index contributed by atoms with van der Waals surface area (Å²) in [6, 6.07) is 61.9. The van der Waals surface area contributed by atoms with Crippen LogP contribution in [-0.4, -0.2) is 24.9 Å². The third-order valence-corrected chi connectivity index (χ3v) is 10.6. The van der Waals surface area contributed by atoms with Crippen molar-refractivity contribution in [3.8, 4) is 78.9 Å². The van der Waals surface area contributed by atoms with Gasteiger partial charge in [0.1, 0.15) is 11.2 Å². The molecule has 0 unspecified atom stereocenters. The van der Waals surface area contributed by atoms with Gasteiger partial charge in [-0.2, -0.15) is 0 Å². The van der Waals surface area contributed by atoms with Gasteiger partial charge in [-0.1, -0.05) is 183 Å². The molecule has 0 aliphatic carbocycles.